The Labute approximate surface area is 105 Å². The Bertz CT molecular complexity index is 417. The lowest BCUT2D eigenvalue weighted by Crippen LogP contribution is -2.65. The summed E-state index contributed by atoms with van der Waals surface area (Å²) in [6.45, 7) is 4.84. The fourth-order valence-electron chi connectivity index (χ4n) is 1.78. The molecule has 2 heterocycles. The molecule has 1 aromatic heterocycles. The first-order chi connectivity index (χ1) is 8.01. The first-order valence-electron chi connectivity index (χ1n) is 5.74. The van der Waals surface area contributed by atoms with Crippen LogP contribution in [-0.4, -0.2) is 34.6 Å². The van der Waals surface area contributed by atoms with Crippen molar-refractivity contribution in [1.29, 1.82) is 0 Å². The van der Waals surface area contributed by atoms with Crippen molar-refractivity contribution in [3.8, 4) is 0 Å². The number of hydrogen-bond donors (Lipinski definition) is 1. The van der Waals surface area contributed by atoms with E-state index in [0.29, 0.717) is 13.1 Å². The number of likely N-dealkylation sites (tertiary alicyclic amines) is 1. The average molecular weight is 251 g/mol. The van der Waals surface area contributed by atoms with Crippen LogP contribution in [0.1, 0.15) is 18.7 Å². The molecule has 1 saturated heterocycles. The second-order valence-electron chi connectivity index (χ2n) is 4.80. The lowest BCUT2D eigenvalue weighted by Gasteiger charge is -2.48. The van der Waals surface area contributed by atoms with E-state index in [-0.39, 0.29) is 11.8 Å². The number of rotatable bonds is 3. The van der Waals surface area contributed by atoms with E-state index in [2.05, 4.69) is 0 Å². The van der Waals surface area contributed by atoms with Gasteiger partial charge in [-0.3, -0.25) is 4.79 Å². The smallest absolute Gasteiger partial charge is 0.246 e. The first kappa shape index (κ1) is 12.3. The van der Waals surface area contributed by atoms with Gasteiger partial charge in [0.1, 0.15) is 5.60 Å². The highest BCUT2D eigenvalue weighted by molar-refractivity contribution is 7.10. The Kier molecular flexibility index (Phi) is 3.35. The van der Waals surface area contributed by atoms with Crippen molar-refractivity contribution >= 4 is 23.3 Å². The Morgan fingerprint density at radius 1 is 1.59 bits per heavy atom. The van der Waals surface area contributed by atoms with Crippen LogP contribution in [0.3, 0.4) is 0 Å². The van der Waals surface area contributed by atoms with Gasteiger partial charge in [0.15, 0.2) is 0 Å². The van der Waals surface area contributed by atoms with Crippen molar-refractivity contribution in [2.24, 2.45) is 5.92 Å². The molecule has 0 saturated carbocycles. The Hall–Kier alpha value is -1.13. The Morgan fingerprint density at radius 2 is 2.29 bits per heavy atom. The minimum Gasteiger partial charge on any atom is -0.386 e. The van der Waals surface area contributed by atoms with Crippen molar-refractivity contribution in [3.05, 3.63) is 28.5 Å². The number of nitrogens with zero attached hydrogens (tertiary/aromatic N) is 1. The largest absolute Gasteiger partial charge is 0.386 e. The summed E-state index contributed by atoms with van der Waals surface area (Å²) in [5, 5.41) is 12.0. The number of β-amino-alcohol motifs (C(OH)–C–C–N with tert-alkyl or cyclic N) is 1. The molecule has 0 bridgehead atoms. The van der Waals surface area contributed by atoms with Gasteiger partial charge in [-0.15, -0.1) is 11.3 Å². The molecular weight excluding hydrogens is 234 g/mol. The highest BCUT2D eigenvalue weighted by Crippen LogP contribution is 2.28. The van der Waals surface area contributed by atoms with E-state index in [4.69, 9.17) is 0 Å². The molecule has 92 valence electrons. The van der Waals surface area contributed by atoms with Crippen LogP contribution in [0.15, 0.2) is 23.6 Å². The number of carbonyl (C=O) groups is 1. The maximum absolute atomic E-state index is 11.8. The third-order valence-corrected chi connectivity index (χ3v) is 4.09. The molecule has 1 aromatic rings. The van der Waals surface area contributed by atoms with Crippen molar-refractivity contribution in [1.82, 2.24) is 4.90 Å². The monoisotopic (exact) mass is 251 g/mol. The summed E-state index contributed by atoms with van der Waals surface area (Å²) in [5.74, 6) is 0.163. The number of aliphatic hydroxyl groups is 1. The summed E-state index contributed by atoms with van der Waals surface area (Å²) in [6.07, 6.45) is 3.39. The molecule has 3 nitrogen and oxygen atoms in total. The van der Waals surface area contributed by atoms with E-state index in [1.54, 1.807) is 22.3 Å². The third kappa shape index (κ3) is 2.58. The standard InChI is InChI=1S/C13H17NO2S/c1-10(2)13(16)8-14(9-13)12(15)6-5-11-4-3-7-17-11/h3-7,10,16H,8-9H2,1-2H3. The van der Waals surface area contributed by atoms with Crippen molar-refractivity contribution < 1.29 is 9.90 Å². The van der Waals surface area contributed by atoms with Gasteiger partial charge in [0, 0.05) is 11.0 Å². The van der Waals surface area contributed by atoms with E-state index >= 15 is 0 Å². The molecule has 4 heteroatoms. The van der Waals surface area contributed by atoms with Crippen LogP contribution < -0.4 is 0 Å². The highest BCUT2D eigenvalue weighted by Gasteiger charge is 2.45. The zero-order valence-corrected chi connectivity index (χ0v) is 10.9. The molecule has 0 spiro atoms. The van der Waals surface area contributed by atoms with E-state index < -0.39 is 5.60 Å². The number of hydrogen-bond acceptors (Lipinski definition) is 3. The summed E-state index contributed by atoms with van der Waals surface area (Å²) < 4.78 is 0. The van der Waals surface area contributed by atoms with E-state index in [9.17, 15) is 9.90 Å². The molecule has 0 atom stereocenters. The van der Waals surface area contributed by atoms with Gasteiger partial charge in [-0.25, -0.2) is 0 Å². The summed E-state index contributed by atoms with van der Waals surface area (Å²) >= 11 is 1.60. The van der Waals surface area contributed by atoms with Crippen LogP contribution in [-0.2, 0) is 4.79 Å². The van der Waals surface area contributed by atoms with Crippen molar-refractivity contribution in [2.75, 3.05) is 13.1 Å². The molecule has 0 aliphatic carbocycles. The van der Waals surface area contributed by atoms with Crippen molar-refractivity contribution in [3.63, 3.8) is 0 Å². The molecule has 1 aliphatic heterocycles. The van der Waals surface area contributed by atoms with Crippen LogP contribution in [0.2, 0.25) is 0 Å². The molecule has 1 amide bonds. The summed E-state index contributed by atoms with van der Waals surface area (Å²) in [6, 6.07) is 3.92. The lowest BCUT2D eigenvalue weighted by molar-refractivity contribution is -0.158. The Balaban J connectivity index is 1.88. The van der Waals surface area contributed by atoms with Crippen LogP contribution in [0.25, 0.3) is 6.08 Å². The number of carbonyl (C=O) groups excluding carboxylic acids is 1. The van der Waals surface area contributed by atoms with Gasteiger partial charge in [0.2, 0.25) is 5.91 Å². The predicted octanol–water partition coefficient (Wildman–Crippen LogP) is 1.99. The van der Waals surface area contributed by atoms with Gasteiger partial charge in [-0.2, -0.15) is 0 Å². The molecule has 1 N–H and O–H groups in total. The maximum atomic E-state index is 11.8. The van der Waals surface area contributed by atoms with E-state index in [0.717, 1.165) is 4.88 Å². The summed E-state index contributed by atoms with van der Waals surface area (Å²) in [4.78, 5) is 14.5. The normalized spacial score (nSPS) is 18.7. The minimum atomic E-state index is -0.688. The van der Waals surface area contributed by atoms with Gasteiger partial charge in [-0.05, 0) is 23.4 Å². The van der Waals surface area contributed by atoms with Crippen LogP contribution >= 0.6 is 11.3 Å². The van der Waals surface area contributed by atoms with Crippen LogP contribution in [0, 0.1) is 5.92 Å². The fourth-order valence-corrected chi connectivity index (χ4v) is 2.40. The molecule has 0 aromatic carbocycles. The average Bonchev–Trinajstić information content (AvgIpc) is 2.73. The van der Waals surface area contributed by atoms with Crippen LogP contribution in [0.5, 0.6) is 0 Å². The van der Waals surface area contributed by atoms with Gasteiger partial charge in [0.05, 0.1) is 13.1 Å². The first-order valence-corrected chi connectivity index (χ1v) is 6.62. The Morgan fingerprint density at radius 3 is 2.82 bits per heavy atom. The molecule has 1 fully saturated rings. The minimum absolute atomic E-state index is 0.0243. The zero-order chi connectivity index (χ0) is 12.5. The van der Waals surface area contributed by atoms with Crippen molar-refractivity contribution in [2.45, 2.75) is 19.4 Å². The fraction of sp³-hybridized carbons (Fsp3) is 0.462. The predicted molar refractivity (Wildman–Crippen MR) is 69.7 cm³/mol. The quantitative estimate of drug-likeness (QED) is 0.835. The molecule has 0 radical (unpaired) electrons. The van der Waals surface area contributed by atoms with Gasteiger partial charge >= 0.3 is 0 Å². The van der Waals surface area contributed by atoms with E-state index in [1.165, 1.54) is 0 Å². The van der Waals surface area contributed by atoms with Gasteiger partial charge in [0.25, 0.3) is 0 Å². The number of amides is 1. The molecule has 2 rings (SSSR count). The lowest BCUT2D eigenvalue weighted by atomic mass is 9.83. The van der Waals surface area contributed by atoms with Gasteiger partial charge in [-0.1, -0.05) is 19.9 Å². The SMILES string of the molecule is CC(C)C1(O)CN(C(=O)C=Cc2cccs2)C1. The second-order valence-corrected chi connectivity index (χ2v) is 5.78. The topological polar surface area (TPSA) is 40.5 Å². The number of thiophene rings is 1. The van der Waals surface area contributed by atoms with Crippen LogP contribution in [0.4, 0.5) is 0 Å². The third-order valence-electron chi connectivity index (χ3n) is 3.25. The molecular formula is C13H17NO2S. The summed E-state index contributed by atoms with van der Waals surface area (Å²) in [5.41, 5.74) is -0.688. The zero-order valence-electron chi connectivity index (χ0n) is 10.1. The second kappa shape index (κ2) is 4.63. The maximum Gasteiger partial charge on any atom is 0.246 e. The molecule has 17 heavy (non-hydrogen) atoms. The molecule has 0 unspecified atom stereocenters. The molecule has 1 aliphatic rings. The summed E-state index contributed by atoms with van der Waals surface area (Å²) in [7, 11) is 0. The van der Waals surface area contributed by atoms with Gasteiger partial charge < -0.3 is 10.0 Å². The van der Waals surface area contributed by atoms with E-state index in [1.807, 2.05) is 37.4 Å². The highest BCUT2D eigenvalue weighted by atomic mass is 32.1.